The van der Waals surface area contributed by atoms with Crippen molar-refractivity contribution in [3.63, 3.8) is 0 Å². The molecule has 0 atom stereocenters. The second-order valence-corrected chi connectivity index (χ2v) is 9.13. The minimum absolute atomic E-state index is 0.000177. The van der Waals surface area contributed by atoms with Crippen LogP contribution >= 0.6 is 28.1 Å². The number of carbonyl (C=O) groups excluding carboxylic acids is 2. The normalized spacial score (nSPS) is 18.4. The van der Waals surface area contributed by atoms with E-state index in [0.29, 0.717) is 8.78 Å². The Labute approximate surface area is 175 Å². The van der Waals surface area contributed by atoms with Crippen LogP contribution in [0, 0.1) is 0 Å². The zero-order valence-corrected chi connectivity index (χ0v) is 17.8. The smallest absolute Gasteiger partial charge is 0.291 e. The summed E-state index contributed by atoms with van der Waals surface area (Å²) in [4.78, 5) is 25.9. The lowest BCUT2D eigenvalue weighted by molar-refractivity contribution is -0.125. The van der Waals surface area contributed by atoms with Gasteiger partial charge in [0.15, 0.2) is 16.6 Å². The van der Waals surface area contributed by atoms with Gasteiger partial charge in [0.1, 0.15) is 6.54 Å². The fraction of sp³-hybridized carbons (Fsp3) is 0.188. The van der Waals surface area contributed by atoms with Crippen LogP contribution in [0.15, 0.2) is 45.9 Å². The molecule has 0 bridgehead atoms. The number of likely N-dealkylation sites (N-methyl/N-ethyl adjacent to an activating group) is 1. The number of hydrogen-bond acceptors (Lipinski definition) is 6. The summed E-state index contributed by atoms with van der Waals surface area (Å²) in [7, 11) is -2.91. The monoisotopic (exact) mass is 486 g/mol. The first-order valence-corrected chi connectivity index (χ1v) is 10.5. The molecule has 2 heterocycles. The number of hydrazine groups is 1. The van der Waals surface area contributed by atoms with E-state index in [4.69, 9.17) is 12.2 Å². The Hall–Kier alpha value is -2.44. The molecule has 2 N–H and O–H groups in total. The number of aliphatic hydroxyl groups is 1. The molecule has 12 heteroatoms. The van der Waals surface area contributed by atoms with Crippen molar-refractivity contribution in [3.8, 4) is 0 Å². The van der Waals surface area contributed by atoms with Crippen LogP contribution in [-0.4, -0.2) is 64.8 Å². The molecule has 2 amide bonds. The molecular formula is C16H15BrN4O5S2. The lowest BCUT2D eigenvalue weighted by atomic mass is 10.1. The van der Waals surface area contributed by atoms with E-state index >= 15 is 0 Å². The van der Waals surface area contributed by atoms with E-state index in [1.54, 1.807) is 6.07 Å². The van der Waals surface area contributed by atoms with Gasteiger partial charge in [0.25, 0.3) is 21.8 Å². The van der Waals surface area contributed by atoms with Gasteiger partial charge in [-0.1, -0.05) is 22.0 Å². The summed E-state index contributed by atoms with van der Waals surface area (Å²) in [6.07, 6.45) is 1.49. The van der Waals surface area contributed by atoms with Crippen molar-refractivity contribution in [3.05, 3.63) is 46.6 Å². The van der Waals surface area contributed by atoms with Crippen LogP contribution in [0.2, 0.25) is 0 Å². The fourth-order valence-corrected chi connectivity index (χ4v) is 5.04. The molecule has 0 radical (unpaired) electrons. The predicted octanol–water partition coefficient (Wildman–Crippen LogP) is 0.956. The molecule has 2 aliphatic rings. The molecule has 9 nitrogen and oxygen atoms in total. The van der Waals surface area contributed by atoms with E-state index in [0.717, 1.165) is 12.1 Å². The Balaban J connectivity index is 1.97. The van der Waals surface area contributed by atoms with Gasteiger partial charge in [0.2, 0.25) is 0 Å². The first-order valence-electron chi connectivity index (χ1n) is 7.85. The zero-order chi connectivity index (χ0) is 20.8. The van der Waals surface area contributed by atoms with Gasteiger partial charge in [-0.15, -0.1) is 6.58 Å². The fourth-order valence-electron chi connectivity index (χ4n) is 2.81. The average molecular weight is 487 g/mol. The average Bonchev–Trinajstić information content (AvgIpc) is 2.88. The van der Waals surface area contributed by atoms with Crippen LogP contribution < -0.4 is 5.43 Å². The quantitative estimate of drug-likeness (QED) is 0.481. The molecular weight excluding hydrogens is 472 g/mol. The van der Waals surface area contributed by atoms with Crippen molar-refractivity contribution >= 4 is 60.9 Å². The number of rotatable bonds is 4. The van der Waals surface area contributed by atoms with Crippen LogP contribution in [0.1, 0.15) is 5.56 Å². The zero-order valence-electron chi connectivity index (χ0n) is 14.5. The molecule has 0 spiro atoms. The molecule has 1 saturated heterocycles. The van der Waals surface area contributed by atoms with Crippen molar-refractivity contribution in [1.82, 2.24) is 19.6 Å². The number of benzene rings is 1. The Morgan fingerprint density at radius 3 is 2.79 bits per heavy atom. The summed E-state index contributed by atoms with van der Waals surface area (Å²) in [5, 5.41) is 11.7. The van der Waals surface area contributed by atoms with Crippen molar-refractivity contribution in [2.45, 2.75) is 4.90 Å². The molecule has 0 aromatic heterocycles. The number of aliphatic hydroxyl groups excluding tert-OH is 1. The summed E-state index contributed by atoms with van der Waals surface area (Å²) in [6.45, 7) is 3.50. The molecule has 0 saturated carbocycles. The van der Waals surface area contributed by atoms with Gasteiger partial charge in [-0.25, -0.2) is 8.42 Å². The first kappa shape index (κ1) is 20.3. The van der Waals surface area contributed by atoms with E-state index in [9.17, 15) is 23.1 Å². The summed E-state index contributed by atoms with van der Waals surface area (Å²) in [5.41, 5.74) is 1.90. The highest BCUT2D eigenvalue weighted by atomic mass is 79.9. The van der Waals surface area contributed by atoms with Gasteiger partial charge < -0.3 is 5.11 Å². The first-order chi connectivity index (χ1) is 13.1. The van der Waals surface area contributed by atoms with Gasteiger partial charge >= 0.3 is 0 Å². The number of fused-ring (bicyclic) bond motifs is 1. The number of amides is 2. The SMILES string of the molecule is C=CCN1C(=O)CN(NC(=O)C2=C(O)c3ccc(Br)cc3S(=O)(=O)N2C)C1=S. The number of sulfonamides is 1. The summed E-state index contributed by atoms with van der Waals surface area (Å²) < 4.78 is 26.7. The maximum Gasteiger partial charge on any atom is 0.291 e. The van der Waals surface area contributed by atoms with Crippen molar-refractivity contribution in [2.75, 3.05) is 20.1 Å². The Morgan fingerprint density at radius 1 is 1.46 bits per heavy atom. The minimum atomic E-state index is -4.07. The molecule has 1 aromatic carbocycles. The minimum Gasteiger partial charge on any atom is -0.505 e. The van der Waals surface area contributed by atoms with E-state index in [1.807, 2.05) is 0 Å². The van der Waals surface area contributed by atoms with Crippen LogP contribution in [0.4, 0.5) is 0 Å². The topological polar surface area (TPSA) is 110 Å². The highest BCUT2D eigenvalue weighted by molar-refractivity contribution is 9.10. The Kier molecular flexibility index (Phi) is 5.21. The van der Waals surface area contributed by atoms with Crippen LogP contribution in [-0.2, 0) is 19.6 Å². The number of halogens is 1. The summed E-state index contributed by atoms with van der Waals surface area (Å²) >= 11 is 8.35. The largest absolute Gasteiger partial charge is 0.505 e. The number of nitrogens with one attached hydrogen (secondary N) is 1. The van der Waals surface area contributed by atoms with E-state index in [1.165, 1.54) is 23.1 Å². The second-order valence-electron chi connectivity index (χ2n) is 5.91. The lowest BCUT2D eigenvalue weighted by Crippen LogP contribution is -2.48. The van der Waals surface area contributed by atoms with Crippen molar-refractivity contribution < 1.29 is 23.1 Å². The predicted molar refractivity (Wildman–Crippen MR) is 108 cm³/mol. The third-order valence-electron chi connectivity index (χ3n) is 4.20. The molecule has 1 fully saturated rings. The van der Waals surface area contributed by atoms with Crippen LogP contribution in [0.3, 0.4) is 0 Å². The highest BCUT2D eigenvalue weighted by Crippen LogP contribution is 2.36. The number of hydrogen-bond donors (Lipinski definition) is 2. The summed E-state index contributed by atoms with van der Waals surface area (Å²) in [6, 6.07) is 4.28. The Morgan fingerprint density at radius 2 is 2.14 bits per heavy atom. The lowest BCUT2D eigenvalue weighted by Gasteiger charge is -2.30. The maximum atomic E-state index is 12.8. The van der Waals surface area contributed by atoms with Gasteiger partial charge in [0, 0.05) is 23.6 Å². The Bertz CT molecular complexity index is 1050. The third kappa shape index (κ3) is 3.16. The van der Waals surface area contributed by atoms with Crippen LogP contribution in [0.25, 0.3) is 5.76 Å². The number of nitrogens with zero attached hydrogens (tertiary/aromatic N) is 3. The maximum absolute atomic E-state index is 12.8. The van der Waals surface area contributed by atoms with Gasteiger partial charge in [0.05, 0.1) is 4.90 Å². The van der Waals surface area contributed by atoms with Gasteiger partial charge in [-0.3, -0.25) is 29.2 Å². The second kappa shape index (κ2) is 7.18. The van der Waals surface area contributed by atoms with Crippen molar-refractivity contribution in [2.24, 2.45) is 0 Å². The van der Waals surface area contributed by atoms with E-state index in [2.05, 4.69) is 27.9 Å². The van der Waals surface area contributed by atoms with E-state index < -0.39 is 27.4 Å². The molecule has 28 heavy (non-hydrogen) atoms. The molecule has 1 aromatic rings. The third-order valence-corrected chi connectivity index (χ3v) is 6.93. The number of carbonyl (C=O) groups is 2. The highest BCUT2D eigenvalue weighted by Gasteiger charge is 2.40. The number of thiocarbonyl (C=S) groups is 1. The summed E-state index contributed by atoms with van der Waals surface area (Å²) in [5.74, 6) is -1.77. The molecule has 0 aliphatic carbocycles. The molecule has 148 valence electrons. The van der Waals surface area contributed by atoms with E-state index in [-0.39, 0.29) is 34.6 Å². The van der Waals surface area contributed by atoms with Gasteiger partial charge in [-0.2, -0.15) is 0 Å². The molecule has 0 unspecified atom stereocenters. The van der Waals surface area contributed by atoms with Crippen LogP contribution in [0.5, 0.6) is 0 Å². The van der Waals surface area contributed by atoms with Crippen molar-refractivity contribution in [1.29, 1.82) is 0 Å². The molecule has 2 aliphatic heterocycles. The van der Waals surface area contributed by atoms with Gasteiger partial charge in [-0.05, 0) is 30.4 Å². The molecule has 3 rings (SSSR count). The standard InChI is InChI=1S/C16H15BrN4O5S2/c1-3-6-20-12(22)8-21(16(20)27)18-15(24)13-14(23)10-5-4-9(17)7-11(10)28(25,26)19(13)2/h3-5,7,23H,1,6,8H2,2H3,(H,18,24).